The minimum absolute atomic E-state index is 0. The van der Waals surface area contributed by atoms with Crippen LogP contribution in [0, 0.1) is 5.92 Å². The Hall–Kier alpha value is -0.770. The van der Waals surface area contributed by atoms with Crippen LogP contribution in [0.25, 0.3) is 0 Å². The highest BCUT2D eigenvalue weighted by atomic mass is 35.5. The zero-order chi connectivity index (χ0) is 14.5. The Labute approximate surface area is 138 Å². The van der Waals surface area contributed by atoms with E-state index in [0.717, 1.165) is 36.5 Å². The molecule has 0 aliphatic carbocycles. The van der Waals surface area contributed by atoms with E-state index in [4.69, 9.17) is 11.6 Å². The predicted molar refractivity (Wildman–Crippen MR) is 90.1 cm³/mol. The van der Waals surface area contributed by atoms with E-state index in [1.54, 1.807) is 0 Å². The van der Waals surface area contributed by atoms with Crippen molar-refractivity contribution in [2.24, 2.45) is 5.92 Å². The van der Waals surface area contributed by atoms with Crippen molar-refractivity contribution in [1.29, 1.82) is 0 Å². The Bertz CT molecular complexity index is 461. The van der Waals surface area contributed by atoms with Gasteiger partial charge in [-0.3, -0.25) is 4.79 Å². The van der Waals surface area contributed by atoms with Crippen molar-refractivity contribution in [2.45, 2.75) is 32.2 Å². The highest BCUT2D eigenvalue weighted by Crippen LogP contribution is 2.27. The fourth-order valence-electron chi connectivity index (χ4n) is 2.72. The first-order chi connectivity index (χ1) is 9.59. The maximum Gasteiger partial charge on any atom is 0.223 e. The largest absolute Gasteiger partial charge is 0.339 e. The molecular weight excluding hydrogens is 307 g/mol. The van der Waals surface area contributed by atoms with Gasteiger partial charge in [0.1, 0.15) is 0 Å². The molecule has 118 valence electrons. The Balaban J connectivity index is 0.00000220. The number of nitrogens with zero attached hydrogens (tertiary/aromatic N) is 1. The quantitative estimate of drug-likeness (QED) is 0.913. The zero-order valence-corrected chi connectivity index (χ0v) is 14.2. The third kappa shape index (κ3) is 4.87. The lowest BCUT2D eigenvalue weighted by Crippen LogP contribution is -2.34. The molecule has 5 heteroatoms. The van der Waals surface area contributed by atoms with E-state index in [1.165, 1.54) is 0 Å². The maximum absolute atomic E-state index is 12.4. The standard InChI is InChI=1S/C16H23ClN2O.ClH/c1-12(14-5-3-4-6-15(14)17)19(2)16(20)11-13-7-9-18-10-8-13;/h3-6,12-13,18H,7-11H2,1-2H3;1H. The molecule has 1 aromatic carbocycles. The first-order valence-electron chi connectivity index (χ1n) is 7.30. The third-order valence-corrected chi connectivity index (χ3v) is 4.60. The molecule has 1 amide bonds. The number of carbonyl (C=O) groups is 1. The topological polar surface area (TPSA) is 32.3 Å². The summed E-state index contributed by atoms with van der Waals surface area (Å²) in [7, 11) is 1.87. The lowest BCUT2D eigenvalue weighted by Gasteiger charge is -2.29. The normalized spacial score (nSPS) is 16.9. The molecule has 21 heavy (non-hydrogen) atoms. The average molecular weight is 331 g/mol. The monoisotopic (exact) mass is 330 g/mol. The third-order valence-electron chi connectivity index (χ3n) is 4.25. The van der Waals surface area contributed by atoms with Crippen LogP contribution in [0.4, 0.5) is 0 Å². The summed E-state index contributed by atoms with van der Waals surface area (Å²) in [6.07, 6.45) is 2.84. The number of carbonyl (C=O) groups excluding carboxylic acids is 1. The van der Waals surface area contributed by atoms with Gasteiger partial charge in [-0.2, -0.15) is 0 Å². The van der Waals surface area contributed by atoms with Crippen molar-refractivity contribution in [3.63, 3.8) is 0 Å². The summed E-state index contributed by atoms with van der Waals surface area (Å²) >= 11 is 6.21. The number of benzene rings is 1. The fourth-order valence-corrected chi connectivity index (χ4v) is 3.01. The lowest BCUT2D eigenvalue weighted by atomic mass is 9.93. The van der Waals surface area contributed by atoms with Crippen LogP contribution in [0.15, 0.2) is 24.3 Å². The first kappa shape index (κ1) is 18.3. The van der Waals surface area contributed by atoms with Gasteiger partial charge in [-0.15, -0.1) is 12.4 Å². The Morgan fingerprint density at radius 3 is 2.62 bits per heavy atom. The molecule has 1 aliphatic heterocycles. The number of piperidine rings is 1. The van der Waals surface area contributed by atoms with Crippen molar-refractivity contribution in [3.8, 4) is 0 Å². The van der Waals surface area contributed by atoms with Crippen LogP contribution in [0.2, 0.25) is 5.02 Å². The van der Waals surface area contributed by atoms with Gasteiger partial charge in [0.05, 0.1) is 6.04 Å². The van der Waals surface area contributed by atoms with E-state index in [-0.39, 0.29) is 24.4 Å². The minimum atomic E-state index is 0. The average Bonchev–Trinajstić information content (AvgIpc) is 2.47. The fraction of sp³-hybridized carbons (Fsp3) is 0.562. The van der Waals surface area contributed by atoms with E-state index >= 15 is 0 Å². The first-order valence-corrected chi connectivity index (χ1v) is 7.68. The summed E-state index contributed by atoms with van der Waals surface area (Å²) < 4.78 is 0. The molecule has 0 aromatic heterocycles. The second-order valence-electron chi connectivity index (χ2n) is 5.60. The molecule has 0 saturated carbocycles. The van der Waals surface area contributed by atoms with Crippen LogP contribution in [-0.2, 0) is 4.79 Å². The van der Waals surface area contributed by atoms with E-state index in [2.05, 4.69) is 5.32 Å². The number of halogens is 2. The van der Waals surface area contributed by atoms with Crippen LogP contribution < -0.4 is 5.32 Å². The van der Waals surface area contributed by atoms with Crippen molar-refractivity contribution in [2.75, 3.05) is 20.1 Å². The van der Waals surface area contributed by atoms with Gasteiger partial charge < -0.3 is 10.2 Å². The Morgan fingerprint density at radius 2 is 2.00 bits per heavy atom. The summed E-state index contributed by atoms with van der Waals surface area (Å²) in [5.41, 5.74) is 1.01. The molecule has 3 nitrogen and oxygen atoms in total. The van der Waals surface area contributed by atoms with E-state index in [0.29, 0.717) is 12.3 Å². The van der Waals surface area contributed by atoms with Crippen molar-refractivity contribution < 1.29 is 4.79 Å². The van der Waals surface area contributed by atoms with Crippen molar-refractivity contribution in [3.05, 3.63) is 34.9 Å². The van der Waals surface area contributed by atoms with Crippen LogP contribution in [0.5, 0.6) is 0 Å². The number of amides is 1. The summed E-state index contributed by atoms with van der Waals surface area (Å²) in [6, 6.07) is 7.75. The molecule has 0 bridgehead atoms. The van der Waals surface area contributed by atoms with Gasteiger partial charge >= 0.3 is 0 Å². The minimum Gasteiger partial charge on any atom is -0.339 e. The molecule has 1 saturated heterocycles. The molecule has 1 heterocycles. The number of rotatable bonds is 4. The SMILES string of the molecule is CC(c1ccccc1Cl)N(C)C(=O)CC1CCNCC1.Cl. The molecule has 1 aliphatic rings. The Morgan fingerprint density at radius 1 is 1.38 bits per heavy atom. The number of hydrogen-bond acceptors (Lipinski definition) is 2. The zero-order valence-electron chi connectivity index (χ0n) is 12.6. The molecule has 1 atom stereocenters. The van der Waals surface area contributed by atoms with Gasteiger partial charge in [-0.1, -0.05) is 29.8 Å². The molecular formula is C16H24Cl2N2O. The number of nitrogens with one attached hydrogen (secondary N) is 1. The van der Waals surface area contributed by atoms with E-state index in [1.807, 2.05) is 43.1 Å². The summed E-state index contributed by atoms with van der Waals surface area (Å²) in [6.45, 7) is 4.09. The summed E-state index contributed by atoms with van der Waals surface area (Å²) in [5.74, 6) is 0.731. The molecule has 2 rings (SSSR count). The van der Waals surface area contributed by atoms with E-state index < -0.39 is 0 Å². The highest BCUT2D eigenvalue weighted by Gasteiger charge is 2.23. The molecule has 1 fully saturated rings. The van der Waals surface area contributed by atoms with Gasteiger partial charge in [0, 0.05) is 18.5 Å². The second-order valence-corrected chi connectivity index (χ2v) is 6.01. The maximum atomic E-state index is 12.4. The van der Waals surface area contributed by atoms with Crippen molar-refractivity contribution >= 4 is 29.9 Å². The van der Waals surface area contributed by atoms with Gasteiger partial charge in [-0.05, 0) is 50.4 Å². The molecule has 0 radical (unpaired) electrons. The molecule has 1 N–H and O–H groups in total. The highest BCUT2D eigenvalue weighted by molar-refractivity contribution is 6.31. The lowest BCUT2D eigenvalue weighted by molar-refractivity contribution is -0.133. The van der Waals surface area contributed by atoms with Gasteiger partial charge in [-0.25, -0.2) is 0 Å². The van der Waals surface area contributed by atoms with Crippen LogP contribution in [-0.4, -0.2) is 30.9 Å². The number of hydrogen-bond donors (Lipinski definition) is 1. The summed E-state index contributed by atoms with van der Waals surface area (Å²) in [4.78, 5) is 14.2. The van der Waals surface area contributed by atoms with Crippen LogP contribution in [0.1, 0.15) is 37.8 Å². The van der Waals surface area contributed by atoms with Crippen LogP contribution in [0.3, 0.4) is 0 Å². The van der Waals surface area contributed by atoms with Gasteiger partial charge in [0.2, 0.25) is 5.91 Å². The van der Waals surface area contributed by atoms with Gasteiger partial charge in [0.15, 0.2) is 0 Å². The predicted octanol–water partition coefficient (Wildman–Crippen LogP) is 3.67. The second kappa shape index (κ2) is 8.62. The van der Waals surface area contributed by atoms with Gasteiger partial charge in [0.25, 0.3) is 0 Å². The molecule has 1 unspecified atom stereocenters. The van der Waals surface area contributed by atoms with Crippen LogP contribution >= 0.6 is 24.0 Å². The smallest absolute Gasteiger partial charge is 0.223 e. The summed E-state index contributed by atoms with van der Waals surface area (Å²) in [5, 5.41) is 4.05. The molecule has 1 aromatic rings. The molecule has 0 spiro atoms. The Kier molecular flexibility index (Phi) is 7.50. The van der Waals surface area contributed by atoms with E-state index in [9.17, 15) is 4.79 Å². The van der Waals surface area contributed by atoms with Crippen molar-refractivity contribution in [1.82, 2.24) is 10.2 Å².